The van der Waals surface area contributed by atoms with Gasteiger partial charge in [-0.15, -0.1) is 0 Å². The second kappa shape index (κ2) is 8.50. The second-order valence-electron chi connectivity index (χ2n) is 5.87. The number of rotatable bonds is 5. The lowest BCUT2D eigenvalue weighted by molar-refractivity contribution is -0.132. The first-order valence-electron chi connectivity index (χ1n) is 8.32. The normalized spacial score (nSPS) is 11.1. The van der Waals surface area contributed by atoms with Crippen molar-refractivity contribution in [3.63, 3.8) is 0 Å². The van der Waals surface area contributed by atoms with Gasteiger partial charge < -0.3 is 10.4 Å². The van der Waals surface area contributed by atoms with Crippen LogP contribution < -0.4 is 5.32 Å². The Labute approximate surface area is 165 Å². The van der Waals surface area contributed by atoms with Crippen LogP contribution in [0.2, 0.25) is 5.02 Å². The second-order valence-corrected chi connectivity index (χ2v) is 6.25. The molecular formula is C22H15ClFNO3. The number of halogens is 2. The van der Waals surface area contributed by atoms with Crippen molar-refractivity contribution in [2.45, 2.75) is 0 Å². The fraction of sp³-hybridized carbons (Fsp3) is 0. The maximum atomic E-state index is 14.4. The third-order valence-corrected chi connectivity index (χ3v) is 4.42. The summed E-state index contributed by atoms with van der Waals surface area (Å²) in [6.45, 7) is 0. The summed E-state index contributed by atoms with van der Waals surface area (Å²) >= 11 is 6.36. The van der Waals surface area contributed by atoms with Crippen molar-refractivity contribution in [1.29, 1.82) is 0 Å². The van der Waals surface area contributed by atoms with Crippen LogP contribution in [0.3, 0.4) is 0 Å². The van der Waals surface area contributed by atoms with Crippen LogP contribution in [0, 0.1) is 5.82 Å². The number of hydrogen-bond acceptors (Lipinski definition) is 2. The quantitative estimate of drug-likeness (QED) is 0.597. The molecule has 0 aliphatic heterocycles. The van der Waals surface area contributed by atoms with E-state index in [9.17, 15) is 19.1 Å². The summed E-state index contributed by atoms with van der Waals surface area (Å²) in [7, 11) is 0. The fourth-order valence-electron chi connectivity index (χ4n) is 2.62. The van der Waals surface area contributed by atoms with Crippen molar-refractivity contribution in [3.8, 4) is 11.1 Å². The maximum Gasteiger partial charge on any atom is 0.352 e. The number of amides is 1. The summed E-state index contributed by atoms with van der Waals surface area (Å²) in [5.41, 5.74) is 0.981. The van der Waals surface area contributed by atoms with Crippen molar-refractivity contribution in [3.05, 3.63) is 100 Å². The molecule has 0 aliphatic rings. The van der Waals surface area contributed by atoms with Gasteiger partial charge in [0, 0.05) is 16.7 Å². The molecular weight excluding hydrogens is 381 g/mol. The highest BCUT2D eigenvalue weighted by molar-refractivity contribution is 6.35. The minimum Gasteiger partial charge on any atom is -0.477 e. The lowest BCUT2D eigenvalue weighted by Crippen LogP contribution is -2.27. The molecule has 0 spiro atoms. The van der Waals surface area contributed by atoms with Gasteiger partial charge in [0.05, 0.1) is 5.02 Å². The Bertz CT molecular complexity index is 1050. The maximum absolute atomic E-state index is 14.4. The zero-order valence-corrected chi connectivity index (χ0v) is 15.3. The topological polar surface area (TPSA) is 66.4 Å². The van der Waals surface area contributed by atoms with Crippen LogP contribution in [0.1, 0.15) is 15.9 Å². The Balaban J connectivity index is 2.01. The summed E-state index contributed by atoms with van der Waals surface area (Å²) in [5.74, 6) is -2.73. The zero-order chi connectivity index (χ0) is 20.1. The number of aliphatic carboxylic acids is 1. The molecule has 140 valence electrons. The van der Waals surface area contributed by atoms with E-state index in [0.29, 0.717) is 5.56 Å². The lowest BCUT2D eigenvalue weighted by atomic mass is 10.0. The zero-order valence-electron chi connectivity index (χ0n) is 14.5. The van der Waals surface area contributed by atoms with E-state index in [2.05, 4.69) is 5.32 Å². The monoisotopic (exact) mass is 395 g/mol. The standard InChI is InChI=1S/C22H15ClFNO3/c23-20-16(14-7-3-1-4-8-14)11-12-18(24)17(20)13-19(22(27)28)25-21(26)15-9-5-2-6-10-15/h1-13H,(H,25,26)(H,27,28)/b19-13-. The van der Waals surface area contributed by atoms with Crippen LogP contribution in [0.25, 0.3) is 17.2 Å². The van der Waals surface area contributed by atoms with Gasteiger partial charge in [0.25, 0.3) is 5.91 Å². The number of nitrogens with one attached hydrogen (secondary N) is 1. The van der Waals surface area contributed by atoms with Crippen LogP contribution in [0.15, 0.2) is 78.5 Å². The highest BCUT2D eigenvalue weighted by atomic mass is 35.5. The van der Waals surface area contributed by atoms with Crippen LogP contribution in [-0.2, 0) is 4.79 Å². The lowest BCUT2D eigenvalue weighted by Gasteiger charge is -2.11. The third-order valence-electron chi connectivity index (χ3n) is 4.01. The highest BCUT2D eigenvalue weighted by Crippen LogP contribution is 2.33. The SMILES string of the molecule is O=C(O)/C(=C/c1c(F)ccc(-c2ccccc2)c1Cl)NC(=O)c1ccccc1. The first-order chi connectivity index (χ1) is 13.5. The van der Waals surface area contributed by atoms with Crippen molar-refractivity contribution < 1.29 is 19.1 Å². The fourth-order valence-corrected chi connectivity index (χ4v) is 2.94. The van der Waals surface area contributed by atoms with Crippen LogP contribution in [-0.4, -0.2) is 17.0 Å². The Hall–Kier alpha value is -3.44. The summed E-state index contributed by atoms with van der Waals surface area (Å²) in [5, 5.41) is 11.8. The van der Waals surface area contributed by atoms with Crippen molar-refractivity contribution in [2.75, 3.05) is 0 Å². The number of carbonyl (C=O) groups excluding carboxylic acids is 1. The van der Waals surface area contributed by atoms with Gasteiger partial charge in [0.15, 0.2) is 0 Å². The summed E-state index contributed by atoms with van der Waals surface area (Å²) in [6.07, 6.45) is 1.02. The first-order valence-corrected chi connectivity index (χ1v) is 8.70. The van der Waals surface area contributed by atoms with Crippen molar-refractivity contribution in [2.24, 2.45) is 0 Å². The number of carboxylic acids is 1. The molecule has 4 nitrogen and oxygen atoms in total. The molecule has 1 amide bonds. The molecule has 3 aromatic carbocycles. The predicted molar refractivity (Wildman–Crippen MR) is 106 cm³/mol. The number of carbonyl (C=O) groups is 2. The smallest absolute Gasteiger partial charge is 0.352 e. The van der Waals surface area contributed by atoms with Gasteiger partial charge in [-0.3, -0.25) is 4.79 Å². The van der Waals surface area contributed by atoms with Crippen LogP contribution >= 0.6 is 11.6 Å². The molecule has 0 fully saturated rings. The molecule has 0 unspecified atom stereocenters. The molecule has 0 saturated carbocycles. The highest BCUT2D eigenvalue weighted by Gasteiger charge is 2.17. The summed E-state index contributed by atoms with van der Waals surface area (Å²) < 4.78 is 14.4. The van der Waals surface area contributed by atoms with Gasteiger partial charge >= 0.3 is 5.97 Å². The average Bonchev–Trinajstić information content (AvgIpc) is 2.71. The van der Waals surface area contributed by atoms with Gasteiger partial charge in [-0.2, -0.15) is 0 Å². The molecule has 28 heavy (non-hydrogen) atoms. The molecule has 3 rings (SSSR count). The largest absolute Gasteiger partial charge is 0.477 e. The van der Waals surface area contributed by atoms with Gasteiger partial charge in [-0.1, -0.05) is 60.1 Å². The average molecular weight is 396 g/mol. The van der Waals surface area contributed by atoms with E-state index < -0.39 is 23.4 Å². The third kappa shape index (κ3) is 4.27. The van der Waals surface area contributed by atoms with Gasteiger partial charge in [0.2, 0.25) is 0 Å². The molecule has 0 atom stereocenters. The minimum atomic E-state index is -1.41. The number of carboxylic acid groups (broad SMARTS) is 1. The van der Waals surface area contributed by atoms with E-state index >= 15 is 0 Å². The molecule has 6 heteroatoms. The van der Waals surface area contributed by atoms with E-state index in [1.54, 1.807) is 30.3 Å². The minimum absolute atomic E-state index is 0.0545. The summed E-state index contributed by atoms with van der Waals surface area (Å²) in [6, 6.07) is 19.9. The summed E-state index contributed by atoms with van der Waals surface area (Å²) in [4.78, 5) is 23.9. The molecule has 0 heterocycles. The van der Waals surface area contributed by atoms with Crippen molar-refractivity contribution >= 4 is 29.6 Å². The van der Waals surface area contributed by atoms with E-state index in [1.807, 2.05) is 30.3 Å². The van der Waals surface area contributed by atoms with Crippen LogP contribution in [0.4, 0.5) is 4.39 Å². The Morgan fingerprint density at radius 3 is 2.14 bits per heavy atom. The van der Waals surface area contributed by atoms with Crippen LogP contribution in [0.5, 0.6) is 0 Å². The Morgan fingerprint density at radius 2 is 1.54 bits per heavy atom. The molecule has 0 saturated heterocycles. The van der Waals surface area contributed by atoms with E-state index in [0.717, 1.165) is 11.6 Å². The van der Waals surface area contributed by atoms with Gasteiger partial charge in [-0.05, 0) is 35.9 Å². The molecule has 0 bridgehead atoms. The molecule has 0 radical (unpaired) electrons. The predicted octanol–water partition coefficient (Wildman–Crippen LogP) is 5.00. The number of hydrogen-bond donors (Lipinski definition) is 2. The molecule has 0 aromatic heterocycles. The van der Waals surface area contributed by atoms with Gasteiger partial charge in [-0.25, -0.2) is 9.18 Å². The first kappa shape index (κ1) is 19.3. The Kier molecular flexibility index (Phi) is 5.87. The molecule has 3 aromatic rings. The number of benzene rings is 3. The van der Waals surface area contributed by atoms with E-state index in [4.69, 9.17) is 11.6 Å². The van der Waals surface area contributed by atoms with E-state index in [-0.39, 0.29) is 16.1 Å². The molecule has 2 N–H and O–H groups in total. The Morgan fingerprint density at radius 1 is 0.929 bits per heavy atom. The van der Waals surface area contributed by atoms with Crippen molar-refractivity contribution in [1.82, 2.24) is 5.32 Å². The molecule has 0 aliphatic carbocycles. The van der Waals surface area contributed by atoms with E-state index in [1.165, 1.54) is 12.1 Å². The van der Waals surface area contributed by atoms with Gasteiger partial charge in [0.1, 0.15) is 11.5 Å².